The molecule has 42 heavy (non-hydrogen) atoms. The highest BCUT2D eigenvalue weighted by Gasteiger charge is 2.36. The number of carbonyl (C=O) groups is 2. The number of methoxy groups -OCH3 is 1. The van der Waals surface area contributed by atoms with E-state index < -0.39 is 17.8 Å². The van der Waals surface area contributed by atoms with Crippen LogP contribution in [-0.4, -0.2) is 76.5 Å². The average molecular weight is 588 g/mol. The van der Waals surface area contributed by atoms with Gasteiger partial charge in [-0.1, -0.05) is 6.07 Å². The van der Waals surface area contributed by atoms with Crippen LogP contribution < -0.4 is 20.7 Å². The van der Waals surface area contributed by atoms with Gasteiger partial charge in [0.05, 0.1) is 30.8 Å². The van der Waals surface area contributed by atoms with E-state index >= 15 is 0 Å². The van der Waals surface area contributed by atoms with E-state index in [1.54, 1.807) is 21.0 Å². The number of fused-ring (bicyclic) bond motifs is 1. The number of amides is 2. The van der Waals surface area contributed by atoms with Gasteiger partial charge in [-0.3, -0.25) is 9.69 Å². The van der Waals surface area contributed by atoms with Crippen molar-refractivity contribution in [2.45, 2.75) is 69.8 Å². The summed E-state index contributed by atoms with van der Waals surface area (Å²) < 4.78 is 46.3. The first-order valence-electron chi connectivity index (χ1n) is 14.2. The van der Waals surface area contributed by atoms with E-state index in [4.69, 9.17) is 4.74 Å². The molecule has 3 N–H and O–H groups in total. The molecule has 5 rings (SSSR count). The molecule has 10 nitrogen and oxygen atoms in total. The van der Waals surface area contributed by atoms with Gasteiger partial charge in [-0.15, -0.1) is 5.10 Å². The summed E-state index contributed by atoms with van der Waals surface area (Å²) in [7, 11) is 1.61. The maximum Gasteiger partial charge on any atom is 0.416 e. The van der Waals surface area contributed by atoms with Crippen molar-refractivity contribution in [1.29, 1.82) is 0 Å². The minimum absolute atomic E-state index is 0.00534. The van der Waals surface area contributed by atoms with Crippen LogP contribution in [0.25, 0.3) is 10.9 Å². The molecule has 0 bridgehead atoms. The van der Waals surface area contributed by atoms with E-state index in [1.807, 2.05) is 12.3 Å². The molecule has 0 radical (unpaired) electrons. The Hall–Kier alpha value is -3.87. The molecule has 0 spiro atoms. The second-order valence-electron chi connectivity index (χ2n) is 11.3. The molecule has 1 saturated heterocycles. The van der Waals surface area contributed by atoms with Crippen molar-refractivity contribution in [3.05, 3.63) is 47.7 Å². The minimum atomic E-state index is -4.56. The highest BCUT2D eigenvalue weighted by Crippen LogP contribution is 2.36. The van der Waals surface area contributed by atoms with E-state index in [2.05, 4.69) is 37.0 Å². The molecule has 1 aromatic carbocycles. The Kier molecular flexibility index (Phi) is 8.58. The number of hydrogen-bond donors (Lipinski definition) is 3. The molecular formula is C29H36F3N7O3. The van der Waals surface area contributed by atoms with Crippen molar-refractivity contribution >= 4 is 28.7 Å². The van der Waals surface area contributed by atoms with E-state index in [0.29, 0.717) is 17.8 Å². The third-order valence-corrected chi connectivity index (χ3v) is 7.96. The van der Waals surface area contributed by atoms with Gasteiger partial charge in [0.1, 0.15) is 0 Å². The van der Waals surface area contributed by atoms with E-state index in [9.17, 15) is 22.8 Å². The number of halogens is 3. The quantitative estimate of drug-likeness (QED) is 0.359. The fraction of sp³-hybridized carbons (Fsp3) is 0.517. The van der Waals surface area contributed by atoms with Gasteiger partial charge in [0.2, 0.25) is 11.8 Å². The largest absolute Gasteiger partial charge is 0.481 e. The summed E-state index contributed by atoms with van der Waals surface area (Å²) in [6.07, 6.45) is 1.67. The van der Waals surface area contributed by atoms with Gasteiger partial charge in [-0.25, -0.2) is 9.78 Å². The number of alkyl halides is 3. The first kappa shape index (κ1) is 29.6. The molecule has 13 heteroatoms. The van der Waals surface area contributed by atoms with Gasteiger partial charge in [0, 0.05) is 42.8 Å². The maximum absolute atomic E-state index is 13.4. The SMILES string of the molecule is COc1ccc([C@H]2CC[C@@H](N3CC(NC(=O)CNc4nn(C(=O)NC(C)C)c5ccc(C(F)(F)F)cc45)C3)CC2)cn1. The van der Waals surface area contributed by atoms with E-state index in [-0.39, 0.29) is 41.3 Å². The zero-order chi connectivity index (χ0) is 30.0. The van der Waals surface area contributed by atoms with Crippen molar-refractivity contribution in [2.75, 3.05) is 32.1 Å². The van der Waals surface area contributed by atoms with Gasteiger partial charge in [0.25, 0.3) is 0 Å². The van der Waals surface area contributed by atoms with Crippen LogP contribution in [0, 0.1) is 0 Å². The van der Waals surface area contributed by atoms with E-state index in [1.165, 1.54) is 11.6 Å². The van der Waals surface area contributed by atoms with Crippen LogP contribution in [0.1, 0.15) is 56.6 Å². The molecule has 2 aromatic heterocycles. The number of aromatic nitrogens is 3. The van der Waals surface area contributed by atoms with E-state index in [0.717, 1.165) is 55.6 Å². The van der Waals surface area contributed by atoms with Crippen LogP contribution in [0.4, 0.5) is 23.8 Å². The summed E-state index contributed by atoms with van der Waals surface area (Å²) in [6.45, 7) is 4.86. The molecule has 3 aromatic rings. The predicted molar refractivity (Wildman–Crippen MR) is 152 cm³/mol. The number of hydrogen-bond acceptors (Lipinski definition) is 7. The number of nitrogens with one attached hydrogen (secondary N) is 3. The number of rotatable bonds is 8. The Balaban J connectivity index is 1.13. The first-order valence-corrected chi connectivity index (χ1v) is 14.2. The Morgan fingerprint density at radius 1 is 1.10 bits per heavy atom. The number of carbonyl (C=O) groups excluding carboxylic acids is 2. The van der Waals surface area contributed by atoms with Crippen molar-refractivity contribution in [3.63, 3.8) is 0 Å². The number of benzene rings is 1. The number of nitrogens with zero attached hydrogens (tertiary/aromatic N) is 4. The summed E-state index contributed by atoms with van der Waals surface area (Å²) in [5, 5.41) is 12.8. The second kappa shape index (κ2) is 12.2. The van der Waals surface area contributed by atoms with Crippen LogP contribution in [0.5, 0.6) is 5.88 Å². The normalized spacial score (nSPS) is 19.9. The summed E-state index contributed by atoms with van der Waals surface area (Å²) >= 11 is 0. The fourth-order valence-corrected chi connectivity index (χ4v) is 5.76. The molecule has 1 aliphatic carbocycles. The molecule has 3 heterocycles. The van der Waals surface area contributed by atoms with Crippen LogP contribution >= 0.6 is 0 Å². The molecule has 1 saturated carbocycles. The highest BCUT2D eigenvalue weighted by molar-refractivity contribution is 5.98. The van der Waals surface area contributed by atoms with Crippen LogP contribution in [0.15, 0.2) is 36.5 Å². The average Bonchev–Trinajstić information content (AvgIpc) is 3.31. The standard InChI is InChI=1S/C29H36F3N7O3/c1-17(2)35-28(41)39-24-10-7-20(29(30,31)32)12-23(24)27(37-39)34-14-25(40)36-21-15-38(16-21)22-8-4-18(5-9-22)19-6-11-26(42-3)33-13-19/h6-7,10-13,17-18,21-22H,4-5,8-9,14-16H2,1-3H3,(H,34,37)(H,35,41)(H,36,40)/t18-,22+. The molecule has 2 amide bonds. The zero-order valence-corrected chi connectivity index (χ0v) is 23.9. The summed E-state index contributed by atoms with van der Waals surface area (Å²) in [4.78, 5) is 32.0. The van der Waals surface area contributed by atoms with Crippen molar-refractivity contribution < 1.29 is 27.5 Å². The fourth-order valence-electron chi connectivity index (χ4n) is 5.76. The van der Waals surface area contributed by atoms with Crippen molar-refractivity contribution in [1.82, 2.24) is 30.3 Å². The van der Waals surface area contributed by atoms with Crippen molar-refractivity contribution in [2.24, 2.45) is 0 Å². The number of pyridine rings is 1. The zero-order valence-electron chi connectivity index (χ0n) is 23.9. The molecular weight excluding hydrogens is 551 g/mol. The summed E-state index contributed by atoms with van der Waals surface area (Å²) in [6, 6.07) is 6.75. The highest BCUT2D eigenvalue weighted by atomic mass is 19.4. The smallest absolute Gasteiger partial charge is 0.416 e. The molecule has 2 aliphatic rings. The lowest BCUT2D eigenvalue weighted by Gasteiger charge is -2.46. The third-order valence-electron chi connectivity index (χ3n) is 7.96. The van der Waals surface area contributed by atoms with Gasteiger partial charge >= 0.3 is 12.2 Å². The van der Waals surface area contributed by atoms with Crippen LogP contribution in [-0.2, 0) is 11.0 Å². The van der Waals surface area contributed by atoms with Gasteiger partial charge in [-0.2, -0.15) is 17.9 Å². The lowest BCUT2D eigenvalue weighted by molar-refractivity contribution is -0.137. The molecule has 0 atom stereocenters. The predicted octanol–water partition coefficient (Wildman–Crippen LogP) is 4.36. The number of anilines is 1. The summed E-state index contributed by atoms with van der Waals surface area (Å²) in [5.74, 6) is 0.843. The Morgan fingerprint density at radius 3 is 2.45 bits per heavy atom. The molecule has 2 fully saturated rings. The summed E-state index contributed by atoms with van der Waals surface area (Å²) in [5.41, 5.74) is 0.579. The molecule has 1 aliphatic heterocycles. The third kappa shape index (κ3) is 6.61. The lowest BCUT2D eigenvalue weighted by atomic mass is 9.81. The van der Waals surface area contributed by atoms with Gasteiger partial charge in [-0.05, 0) is 69.2 Å². The van der Waals surface area contributed by atoms with Gasteiger partial charge < -0.3 is 20.7 Å². The van der Waals surface area contributed by atoms with Crippen LogP contribution in [0.2, 0.25) is 0 Å². The number of ether oxygens (including phenoxy) is 1. The number of likely N-dealkylation sites (tertiary alicyclic amines) is 1. The first-order chi connectivity index (χ1) is 20.0. The Labute approximate surface area is 242 Å². The Bertz CT molecular complexity index is 1410. The lowest BCUT2D eigenvalue weighted by Crippen LogP contribution is -2.63. The van der Waals surface area contributed by atoms with Gasteiger partial charge in [0.15, 0.2) is 5.82 Å². The monoisotopic (exact) mass is 587 g/mol. The maximum atomic E-state index is 13.4. The molecule has 226 valence electrons. The Morgan fingerprint density at radius 2 is 1.83 bits per heavy atom. The topological polar surface area (TPSA) is 113 Å². The second-order valence-corrected chi connectivity index (χ2v) is 11.3. The van der Waals surface area contributed by atoms with Crippen molar-refractivity contribution in [3.8, 4) is 5.88 Å². The minimum Gasteiger partial charge on any atom is -0.481 e. The van der Waals surface area contributed by atoms with Crippen LogP contribution in [0.3, 0.4) is 0 Å². The molecule has 0 unspecified atom stereocenters.